The van der Waals surface area contributed by atoms with Gasteiger partial charge in [0.15, 0.2) is 0 Å². The monoisotopic (exact) mass is 386 g/mol. The van der Waals surface area contributed by atoms with E-state index < -0.39 is 16.1 Å². The van der Waals surface area contributed by atoms with Crippen molar-refractivity contribution in [3.63, 3.8) is 0 Å². The summed E-state index contributed by atoms with van der Waals surface area (Å²) in [6.45, 7) is 7.56. The van der Waals surface area contributed by atoms with Crippen LogP contribution in [-0.2, 0) is 21.2 Å². The average molecular weight is 387 g/mol. The average Bonchev–Trinajstić information content (AvgIpc) is 2.92. The molecule has 0 fully saturated rings. The van der Waals surface area contributed by atoms with Gasteiger partial charge in [0.1, 0.15) is 6.04 Å². The predicted molar refractivity (Wildman–Crippen MR) is 110 cm³/mol. The number of anilines is 2. The van der Waals surface area contributed by atoms with Gasteiger partial charge in [0.2, 0.25) is 10.0 Å². The Morgan fingerprint density at radius 3 is 2.44 bits per heavy atom. The lowest BCUT2D eigenvalue weighted by molar-refractivity contribution is -0.119. The van der Waals surface area contributed by atoms with Crippen molar-refractivity contribution in [2.75, 3.05) is 15.5 Å². The van der Waals surface area contributed by atoms with Crippen molar-refractivity contribution in [2.45, 2.75) is 46.2 Å². The highest BCUT2D eigenvalue weighted by molar-refractivity contribution is 7.92. The fourth-order valence-corrected chi connectivity index (χ4v) is 4.93. The van der Waals surface area contributed by atoms with Crippen LogP contribution in [0.25, 0.3) is 0 Å². The highest BCUT2D eigenvalue weighted by Crippen LogP contribution is 2.34. The minimum absolute atomic E-state index is 0.00138. The van der Waals surface area contributed by atoms with E-state index >= 15 is 0 Å². The van der Waals surface area contributed by atoms with Crippen LogP contribution in [-0.4, -0.2) is 32.7 Å². The summed E-state index contributed by atoms with van der Waals surface area (Å²) in [6, 6.07) is 12.4. The zero-order chi connectivity index (χ0) is 19.9. The molecular formula is C21H26N2O3S. The quantitative estimate of drug-likeness (QED) is 0.809. The van der Waals surface area contributed by atoms with Crippen LogP contribution in [0.1, 0.15) is 30.5 Å². The molecule has 0 spiro atoms. The molecule has 5 nitrogen and oxygen atoms in total. The second kappa shape index (κ2) is 7.00. The highest BCUT2D eigenvalue weighted by Gasteiger charge is 2.37. The normalized spacial score (nSPS) is 17.5. The molecule has 144 valence electrons. The Balaban J connectivity index is 2.01. The lowest BCUT2D eigenvalue weighted by Gasteiger charge is -2.33. The molecular weight excluding hydrogens is 360 g/mol. The number of aryl methyl sites for hydroxylation is 2. The molecule has 0 aliphatic carbocycles. The number of amides is 1. The molecule has 6 heteroatoms. The second-order valence-corrected chi connectivity index (χ2v) is 9.25. The van der Waals surface area contributed by atoms with Gasteiger partial charge in [0, 0.05) is 11.7 Å². The summed E-state index contributed by atoms with van der Waals surface area (Å²) < 4.78 is 26.4. The number of hydrogen-bond acceptors (Lipinski definition) is 3. The second-order valence-electron chi connectivity index (χ2n) is 7.39. The van der Waals surface area contributed by atoms with Crippen molar-refractivity contribution >= 4 is 27.3 Å². The molecule has 27 heavy (non-hydrogen) atoms. The fourth-order valence-electron chi connectivity index (χ4n) is 3.77. The lowest BCUT2D eigenvalue weighted by atomic mass is 10.1. The van der Waals surface area contributed by atoms with Crippen LogP contribution in [0, 0.1) is 13.8 Å². The molecule has 0 saturated carbocycles. The van der Waals surface area contributed by atoms with Crippen LogP contribution >= 0.6 is 0 Å². The number of rotatable bonds is 4. The maximum atomic E-state index is 13.4. The zero-order valence-corrected chi connectivity index (χ0v) is 17.2. The van der Waals surface area contributed by atoms with Crippen molar-refractivity contribution in [1.29, 1.82) is 0 Å². The van der Waals surface area contributed by atoms with Crippen molar-refractivity contribution in [2.24, 2.45) is 0 Å². The van der Waals surface area contributed by atoms with Gasteiger partial charge in [-0.05, 0) is 69.0 Å². The van der Waals surface area contributed by atoms with Gasteiger partial charge in [0.25, 0.3) is 5.91 Å². The third-order valence-electron chi connectivity index (χ3n) is 5.26. The molecule has 2 aromatic rings. The van der Waals surface area contributed by atoms with Gasteiger partial charge in [-0.15, -0.1) is 0 Å². The minimum Gasteiger partial charge on any atom is -0.307 e. The van der Waals surface area contributed by atoms with Crippen LogP contribution in [0.15, 0.2) is 42.5 Å². The first-order chi connectivity index (χ1) is 12.6. The van der Waals surface area contributed by atoms with Crippen LogP contribution in [0.5, 0.6) is 0 Å². The topological polar surface area (TPSA) is 57.7 Å². The summed E-state index contributed by atoms with van der Waals surface area (Å²) in [7, 11) is -3.63. The zero-order valence-electron chi connectivity index (χ0n) is 16.4. The third-order valence-corrected chi connectivity index (χ3v) is 6.50. The molecule has 0 radical (unpaired) electrons. The maximum absolute atomic E-state index is 13.4. The van der Waals surface area contributed by atoms with Crippen molar-refractivity contribution in [3.05, 3.63) is 59.2 Å². The number of fused-ring (bicyclic) bond motifs is 1. The third kappa shape index (κ3) is 3.58. The largest absolute Gasteiger partial charge is 0.307 e. The summed E-state index contributed by atoms with van der Waals surface area (Å²) in [6.07, 6.45) is 1.92. The summed E-state index contributed by atoms with van der Waals surface area (Å²) in [4.78, 5) is 15.1. The molecule has 1 aliphatic rings. The van der Waals surface area contributed by atoms with E-state index in [0.717, 1.165) is 35.1 Å². The van der Waals surface area contributed by atoms with Crippen LogP contribution in [0.2, 0.25) is 0 Å². The Morgan fingerprint density at radius 2 is 1.81 bits per heavy atom. The maximum Gasteiger partial charge on any atom is 0.250 e. The number of para-hydroxylation sites is 1. The highest BCUT2D eigenvalue weighted by atomic mass is 32.2. The van der Waals surface area contributed by atoms with Gasteiger partial charge in [-0.25, -0.2) is 8.42 Å². The van der Waals surface area contributed by atoms with Gasteiger partial charge in [-0.3, -0.25) is 9.10 Å². The Morgan fingerprint density at radius 1 is 1.15 bits per heavy atom. The molecule has 1 amide bonds. The fraction of sp³-hybridized carbons (Fsp3) is 0.381. The molecule has 0 N–H and O–H groups in total. The van der Waals surface area contributed by atoms with E-state index in [1.54, 1.807) is 17.9 Å². The van der Waals surface area contributed by atoms with Gasteiger partial charge < -0.3 is 4.90 Å². The predicted octanol–water partition coefficient (Wildman–Crippen LogP) is 3.44. The molecule has 0 bridgehead atoms. The summed E-state index contributed by atoms with van der Waals surface area (Å²) in [5.74, 6) is -0.212. The molecule has 1 aliphatic heterocycles. The standard InChI is InChI=1S/C21H26N2O3S/c1-14-10-11-19(12-15(14)2)23(27(5,25)26)17(4)21(24)22-16(3)13-18-8-6-7-9-20(18)22/h6-12,16-17H,13H2,1-5H3/t16-,17+/m1/s1. The number of carbonyl (C=O) groups is 1. The minimum atomic E-state index is -3.63. The van der Waals surface area contributed by atoms with E-state index in [1.165, 1.54) is 4.31 Å². The molecule has 0 aromatic heterocycles. The van der Waals surface area contributed by atoms with Crippen molar-refractivity contribution in [1.82, 2.24) is 0 Å². The number of hydrogen-bond donors (Lipinski definition) is 0. The Bertz CT molecular complexity index is 985. The first kappa shape index (κ1) is 19.4. The molecule has 1 heterocycles. The molecule has 0 unspecified atom stereocenters. The number of benzene rings is 2. The summed E-state index contributed by atoms with van der Waals surface area (Å²) in [5.41, 5.74) is 4.56. The van der Waals surface area contributed by atoms with Gasteiger partial charge in [0.05, 0.1) is 11.9 Å². The van der Waals surface area contributed by atoms with Crippen molar-refractivity contribution in [3.8, 4) is 0 Å². The summed E-state index contributed by atoms with van der Waals surface area (Å²) in [5, 5.41) is 0. The smallest absolute Gasteiger partial charge is 0.250 e. The van der Waals surface area contributed by atoms with Crippen LogP contribution in [0.4, 0.5) is 11.4 Å². The summed E-state index contributed by atoms with van der Waals surface area (Å²) >= 11 is 0. The lowest BCUT2D eigenvalue weighted by Crippen LogP contribution is -2.51. The van der Waals surface area contributed by atoms with E-state index in [1.807, 2.05) is 57.2 Å². The van der Waals surface area contributed by atoms with Crippen molar-refractivity contribution < 1.29 is 13.2 Å². The molecule has 0 saturated heterocycles. The van der Waals surface area contributed by atoms with Gasteiger partial charge in [-0.2, -0.15) is 0 Å². The van der Waals surface area contributed by atoms with Gasteiger partial charge in [-0.1, -0.05) is 24.3 Å². The Labute approximate surface area is 161 Å². The molecule has 2 aromatic carbocycles. The SMILES string of the molecule is Cc1ccc(N([C@@H](C)C(=O)N2c3ccccc3C[C@H]2C)S(C)(=O)=O)cc1C. The van der Waals surface area contributed by atoms with E-state index in [0.29, 0.717) is 5.69 Å². The Kier molecular flexibility index (Phi) is 5.04. The van der Waals surface area contributed by atoms with E-state index in [4.69, 9.17) is 0 Å². The van der Waals surface area contributed by atoms with E-state index in [2.05, 4.69) is 0 Å². The number of nitrogens with zero attached hydrogens (tertiary/aromatic N) is 2. The number of carbonyl (C=O) groups excluding carboxylic acids is 1. The molecule has 3 rings (SSSR count). The van der Waals surface area contributed by atoms with Crippen LogP contribution < -0.4 is 9.21 Å². The first-order valence-corrected chi connectivity index (χ1v) is 10.9. The van der Waals surface area contributed by atoms with E-state index in [9.17, 15) is 13.2 Å². The Hall–Kier alpha value is -2.34. The number of sulfonamides is 1. The van der Waals surface area contributed by atoms with E-state index in [-0.39, 0.29) is 11.9 Å². The van der Waals surface area contributed by atoms with Gasteiger partial charge >= 0.3 is 0 Å². The van der Waals surface area contributed by atoms with Crippen LogP contribution in [0.3, 0.4) is 0 Å². The first-order valence-electron chi connectivity index (χ1n) is 9.09. The molecule has 2 atom stereocenters.